The van der Waals surface area contributed by atoms with Gasteiger partial charge in [0, 0.05) is 25.7 Å². The highest BCUT2D eigenvalue weighted by atomic mass is 16.5. The summed E-state index contributed by atoms with van der Waals surface area (Å²) in [4.78, 5) is 28.5. The van der Waals surface area contributed by atoms with Crippen molar-refractivity contribution >= 4 is 23.3 Å². The fourth-order valence-electron chi connectivity index (χ4n) is 2.96. The Balaban J connectivity index is 2.00. The summed E-state index contributed by atoms with van der Waals surface area (Å²) in [5.41, 5.74) is 2.06. The van der Waals surface area contributed by atoms with Crippen LogP contribution in [0.5, 0.6) is 0 Å². The molecule has 0 spiro atoms. The number of anilines is 2. The zero-order valence-electron chi connectivity index (χ0n) is 14.0. The van der Waals surface area contributed by atoms with Crippen molar-refractivity contribution in [2.24, 2.45) is 0 Å². The van der Waals surface area contributed by atoms with Gasteiger partial charge in [-0.25, -0.2) is 4.79 Å². The number of hydrogen-bond donors (Lipinski definition) is 0. The molecule has 0 aliphatic carbocycles. The van der Waals surface area contributed by atoms with Crippen molar-refractivity contribution in [3.8, 4) is 0 Å². The Morgan fingerprint density at radius 3 is 2.67 bits per heavy atom. The van der Waals surface area contributed by atoms with Crippen molar-refractivity contribution in [3.63, 3.8) is 0 Å². The number of carbonyl (C=O) groups is 2. The fourth-order valence-corrected chi connectivity index (χ4v) is 2.96. The van der Waals surface area contributed by atoms with Crippen LogP contribution in [-0.2, 0) is 4.74 Å². The number of amides is 1. The molecule has 0 saturated carbocycles. The van der Waals surface area contributed by atoms with Crippen molar-refractivity contribution in [2.75, 3.05) is 30.5 Å². The summed E-state index contributed by atoms with van der Waals surface area (Å²) >= 11 is 0. The third-order valence-electron chi connectivity index (χ3n) is 4.33. The number of nitrogens with zero attached hydrogens (tertiary/aromatic N) is 2. The zero-order chi connectivity index (χ0) is 17.3. The highest BCUT2D eigenvalue weighted by Crippen LogP contribution is 2.34. The number of methoxy groups -OCH3 is 1. The predicted octanol–water partition coefficient (Wildman–Crippen LogP) is 2.94. The molecule has 1 aromatic heterocycles. The average molecular weight is 328 g/mol. The first kappa shape index (κ1) is 16.1. The van der Waals surface area contributed by atoms with Gasteiger partial charge in [-0.15, -0.1) is 0 Å². The Bertz CT molecular complexity index is 768. The smallest absolute Gasteiger partial charge is 0.341 e. The summed E-state index contributed by atoms with van der Waals surface area (Å²) in [7, 11) is 3.31. The highest BCUT2D eigenvalue weighted by Gasteiger charge is 2.31. The lowest BCUT2D eigenvalue weighted by atomic mass is 10.1. The Morgan fingerprint density at radius 2 is 1.96 bits per heavy atom. The first-order valence-electron chi connectivity index (χ1n) is 7.83. The number of ether oxygens (including phenoxy) is 1. The van der Waals surface area contributed by atoms with Crippen molar-refractivity contribution in [1.82, 2.24) is 0 Å². The molecule has 1 aliphatic heterocycles. The van der Waals surface area contributed by atoms with E-state index in [1.807, 2.05) is 38.2 Å². The number of hydrogen-bond acceptors (Lipinski definition) is 5. The molecule has 1 amide bonds. The van der Waals surface area contributed by atoms with Crippen molar-refractivity contribution in [2.45, 2.75) is 19.4 Å². The number of rotatable bonds is 2. The summed E-state index contributed by atoms with van der Waals surface area (Å²) in [6, 6.07) is 9.22. The van der Waals surface area contributed by atoms with E-state index < -0.39 is 5.97 Å². The second kappa shape index (κ2) is 6.39. The van der Waals surface area contributed by atoms with E-state index in [1.54, 1.807) is 4.90 Å². The van der Waals surface area contributed by atoms with Gasteiger partial charge in [-0.2, -0.15) is 0 Å². The number of fused-ring (bicyclic) bond motifs is 1. The van der Waals surface area contributed by atoms with Gasteiger partial charge in [0.25, 0.3) is 5.91 Å². The second-order valence-electron chi connectivity index (χ2n) is 5.91. The van der Waals surface area contributed by atoms with E-state index in [0.717, 1.165) is 24.3 Å². The highest BCUT2D eigenvalue weighted by molar-refractivity contribution is 6.07. The summed E-state index contributed by atoms with van der Waals surface area (Å²) in [5, 5.41) is 0. The van der Waals surface area contributed by atoms with Crippen LogP contribution in [0.3, 0.4) is 0 Å². The molecule has 2 aromatic rings. The Kier molecular flexibility index (Phi) is 4.29. The number of para-hydroxylation sites is 2. The molecule has 2 heterocycles. The standard InChI is InChI=1S/C18H20N2O4/c1-12-8-9-19(2)14-6-4-5-7-15(14)20(12)17(21)16-10-13(11-24-16)18(22)23-3/h4-7,10-12H,8-9H2,1-3H3/t12-/m1/s1. The van der Waals surface area contributed by atoms with E-state index in [-0.39, 0.29) is 23.3 Å². The van der Waals surface area contributed by atoms with Gasteiger partial charge in [-0.05, 0) is 25.5 Å². The van der Waals surface area contributed by atoms with Crippen LogP contribution in [0, 0.1) is 0 Å². The Morgan fingerprint density at radius 1 is 1.25 bits per heavy atom. The molecule has 0 fully saturated rings. The molecular weight excluding hydrogens is 308 g/mol. The third-order valence-corrected chi connectivity index (χ3v) is 4.33. The molecule has 1 aliphatic rings. The lowest BCUT2D eigenvalue weighted by molar-refractivity contribution is 0.0600. The minimum absolute atomic E-state index is 0.00952. The summed E-state index contributed by atoms with van der Waals surface area (Å²) in [6.07, 6.45) is 2.08. The maximum atomic E-state index is 13.0. The molecule has 126 valence electrons. The Labute approximate surface area is 140 Å². The lowest BCUT2D eigenvalue weighted by Crippen LogP contribution is -2.38. The second-order valence-corrected chi connectivity index (χ2v) is 5.91. The molecule has 0 N–H and O–H groups in total. The number of carbonyl (C=O) groups excluding carboxylic acids is 2. The molecule has 0 radical (unpaired) electrons. The van der Waals surface area contributed by atoms with Gasteiger partial charge in [0.1, 0.15) is 6.26 Å². The molecule has 24 heavy (non-hydrogen) atoms. The molecule has 6 heteroatoms. The van der Waals surface area contributed by atoms with Gasteiger partial charge < -0.3 is 19.0 Å². The number of benzene rings is 1. The van der Waals surface area contributed by atoms with E-state index in [0.29, 0.717) is 0 Å². The van der Waals surface area contributed by atoms with E-state index in [4.69, 9.17) is 4.42 Å². The fraction of sp³-hybridized carbons (Fsp3) is 0.333. The van der Waals surface area contributed by atoms with Crippen LogP contribution in [0.25, 0.3) is 0 Å². The van der Waals surface area contributed by atoms with Crippen LogP contribution in [-0.4, -0.2) is 38.6 Å². The maximum absolute atomic E-state index is 13.0. The number of furan rings is 1. The summed E-state index contributed by atoms with van der Waals surface area (Å²) in [6.45, 7) is 2.87. The molecule has 0 saturated heterocycles. The monoisotopic (exact) mass is 328 g/mol. The van der Waals surface area contributed by atoms with Crippen LogP contribution in [0.2, 0.25) is 0 Å². The summed E-state index contributed by atoms with van der Waals surface area (Å²) < 4.78 is 9.98. The molecule has 3 rings (SSSR count). The molecular formula is C18H20N2O4. The van der Waals surface area contributed by atoms with Crippen LogP contribution in [0.15, 0.2) is 41.0 Å². The molecule has 1 atom stereocenters. The first-order valence-corrected chi connectivity index (χ1v) is 7.83. The topological polar surface area (TPSA) is 63.0 Å². The molecule has 1 aromatic carbocycles. The SMILES string of the molecule is COC(=O)c1coc(C(=O)N2c3ccccc3N(C)CC[C@H]2C)c1. The predicted molar refractivity (Wildman–Crippen MR) is 90.6 cm³/mol. The van der Waals surface area contributed by atoms with E-state index in [1.165, 1.54) is 19.4 Å². The molecule has 0 bridgehead atoms. The van der Waals surface area contributed by atoms with E-state index in [9.17, 15) is 9.59 Å². The zero-order valence-corrected chi connectivity index (χ0v) is 14.0. The van der Waals surface area contributed by atoms with Gasteiger partial charge in [-0.3, -0.25) is 4.79 Å². The van der Waals surface area contributed by atoms with Crippen molar-refractivity contribution in [3.05, 3.63) is 47.9 Å². The van der Waals surface area contributed by atoms with Gasteiger partial charge >= 0.3 is 5.97 Å². The van der Waals surface area contributed by atoms with Gasteiger partial charge in [-0.1, -0.05) is 12.1 Å². The van der Waals surface area contributed by atoms with Crippen molar-refractivity contribution in [1.29, 1.82) is 0 Å². The van der Waals surface area contributed by atoms with Crippen LogP contribution >= 0.6 is 0 Å². The number of esters is 1. The van der Waals surface area contributed by atoms with Crippen LogP contribution in [0.1, 0.15) is 34.3 Å². The minimum atomic E-state index is -0.526. The maximum Gasteiger partial charge on any atom is 0.341 e. The quantitative estimate of drug-likeness (QED) is 0.793. The summed E-state index contributed by atoms with van der Waals surface area (Å²) in [5.74, 6) is -0.663. The first-order chi connectivity index (χ1) is 11.5. The van der Waals surface area contributed by atoms with Crippen LogP contribution in [0.4, 0.5) is 11.4 Å². The lowest BCUT2D eigenvalue weighted by Gasteiger charge is -2.27. The molecule has 6 nitrogen and oxygen atoms in total. The normalized spacial score (nSPS) is 17.2. The Hall–Kier alpha value is -2.76. The van der Waals surface area contributed by atoms with E-state index >= 15 is 0 Å². The van der Waals surface area contributed by atoms with Gasteiger partial charge in [0.15, 0.2) is 5.76 Å². The van der Waals surface area contributed by atoms with Gasteiger partial charge in [0.2, 0.25) is 0 Å². The van der Waals surface area contributed by atoms with Crippen molar-refractivity contribution < 1.29 is 18.7 Å². The molecule has 0 unspecified atom stereocenters. The van der Waals surface area contributed by atoms with Crippen LogP contribution < -0.4 is 9.80 Å². The average Bonchev–Trinajstić information content (AvgIpc) is 3.05. The van der Waals surface area contributed by atoms with E-state index in [2.05, 4.69) is 9.64 Å². The minimum Gasteiger partial charge on any atom is -0.465 e. The third kappa shape index (κ3) is 2.75. The largest absolute Gasteiger partial charge is 0.465 e. The van der Waals surface area contributed by atoms with Gasteiger partial charge in [0.05, 0.1) is 24.0 Å².